The molecule has 0 amide bonds. The van der Waals surface area contributed by atoms with Crippen LogP contribution in [0.4, 0.5) is 0 Å². The molecule has 0 aliphatic heterocycles. The van der Waals surface area contributed by atoms with Gasteiger partial charge in [-0.2, -0.15) is 0 Å². The van der Waals surface area contributed by atoms with Crippen molar-refractivity contribution in [2.75, 3.05) is 33.5 Å². The molecule has 0 aliphatic rings. The molecule has 0 spiro atoms. The van der Waals surface area contributed by atoms with Gasteiger partial charge < -0.3 is 19.3 Å². The maximum absolute atomic E-state index is 9.62. The third-order valence-corrected chi connectivity index (χ3v) is 2.57. The average molecular weight is 275 g/mol. The molecule has 1 atom stereocenters. The van der Waals surface area contributed by atoms with Crippen molar-refractivity contribution < 1.29 is 19.3 Å². The van der Waals surface area contributed by atoms with Gasteiger partial charge in [-0.05, 0) is 25.1 Å². The van der Waals surface area contributed by atoms with Gasteiger partial charge in [-0.25, -0.2) is 0 Å². The topological polar surface area (TPSA) is 47.9 Å². The Morgan fingerprint density at radius 1 is 1.22 bits per heavy atom. The van der Waals surface area contributed by atoms with E-state index in [-0.39, 0.29) is 0 Å². The molecule has 0 fully saturated rings. The van der Waals surface area contributed by atoms with E-state index in [1.165, 1.54) is 0 Å². The average Bonchev–Trinajstić information content (AvgIpc) is 2.35. The predicted octanol–water partition coefficient (Wildman–Crippen LogP) is 2.44. The van der Waals surface area contributed by atoms with Gasteiger partial charge in [0, 0.05) is 17.7 Å². The van der Waals surface area contributed by atoms with Crippen molar-refractivity contribution in [2.24, 2.45) is 0 Å². The Morgan fingerprint density at radius 2 is 1.94 bits per heavy atom. The highest BCUT2D eigenvalue weighted by Crippen LogP contribution is 2.28. The van der Waals surface area contributed by atoms with Crippen molar-refractivity contribution >= 4 is 11.6 Å². The van der Waals surface area contributed by atoms with Gasteiger partial charge in [-0.3, -0.25) is 0 Å². The summed E-state index contributed by atoms with van der Waals surface area (Å²) in [5, 5.41) is 10.2. The Kier molecular flexibility index (Phi) is 7.05. The summed E-state index contributed by atoms with van der Waals surface area (Å²) in [5.41, 5.74) is 0.680. The van der Waals surface area contributed by atoms with Crippen LogP contribution in [0.2, 0.25) is 5.02 Å². The fraction of sp³-hybridized carbons (Fsp3) is 0.538. The molecule has 0 aromatic heterocycles. The molecule has 0 saturated heterocycles. The number of hydrogen-bond acceptors (Lipinski definition) is 4. The standard InChI is InChI=1S/C13H19ClO4/c1-10(15)12-9-11(14)3-4-13(12)18-8-7-17-6-5-16-2/h3-4,9-10,15H,5-8H2,1-2H3. The summed E-state index contributed by atoms with van der Waals surface area (Å²) in [6.45, 7) is 3.69. The van der Waals surface area contributed by atoms with Gasteiger partial charge in [0.25, 0.3) is 0 Å². The highest BCUT2D eigenvalue weighted by Gasteiger charge is 2.09. The fourth-order valence-electron chi connectivity index (χ4n) is 1.43. The van der Waals surface area contributed by atoms with Crippen molar-refractivity contribution in [2.45, 2.75) is 13.0 Å². The van der Waals surface area contributed by atoms with Gasteiger partial charge in [0.15, 0.2) is 0 Å². The lowest BCUT2D eigenvalue weighted by molar-refractivity contribution is 0.0538. The summed E-state index contributed by atoms with van der Waals surface area (Å²) in [5.74, 6) is 0.629. The fourth-order valence-corrected chi connectivity index (χ4v) is 1.61. The molecule has 1 aromatic rings. The lowest BCUT2D eigenvalue weighted by Gasteiger charge is -2.13. The smallest absolute Gasteiger partial charge is 0.125 e. The molecule has 0 heterocycles. The zero-order valence-electron chi connectivity index (χ0n) is 10.7. The van der Waals surface area contributed by atoms with Crippen molar-refractivity contribution in [1.82, 2.24) is 0 Å². The van der Waals surface area contributed by atoms with E-state index in [0.717, 1.165) is 0 Å². The minimum absolute atomic E-state index is 0.422. The van der Waals surface area contributed by atoms with Crippen molar-refractivity contribution in [1.29, 1.82) is 0 Å². The minimum atomic E-state index is -0.617. The van der Waals surface area contributed by atoms with Crippen LogP contribution in [0.3, 0.4) is 0 Å². The van der Waals surface area contributed by atoms with E-state index >= 15 is 0 Å². The quantitative estimate of drug-likeness (QED) is 0.740. The number of aliphatic hydroxyl groups excluding tert-OH is 1. The lowest BCUT2D eigenvalue weighted by atomic mass is 10.1. The van der Waals surface area contributed by atoms with Crippen LogP contribution < -0.4 is 4.74 Å². The first kappa shape index (κ1) is 15.2. The number of rotatable bonds is 8. The van der Waals surface area contributed by atoms with Crippen LogP contribution in [0, 0.1) is 0 Å². The number of ether oxygens (including phenoxy) is 3. The van der Waals surface area contributed by atoms with Crippen LogP contribution in [0.15, 0.2) is 18.2 Å². The van der Waals surface area contributed by atoms with Gasteiger partial charge in [0.2, 0.25) is 0 Å². The molecule has 1 rings (SSSR count). The molecule has 0 aliphatic carbocycles. The summed E-state index contributed by atoms with van der Waals surface area (Å²) in [6, 6.07) is 5.18. The summed E-state index contributed by atoms with van der Waals surface area (Å²) in [4.78, 5) is 0. The molecular weight excluding hydrogens is 256 g/mol. The molecule has 4 nitrogen and oxygen atoms in total. The molecule has 18 heavy (non-hydrogen) atoms. The first-order chi connectivity index (χ1) is 8.65. The molecule has 1 unspecified atom stereocenters. The molecule has 1 N–H and O–H groups in total. The highest BCUT2D eigenvalue weighted by molar-refractivity contribution is 6.30. The lowest BCUT2D eigenvalue weighted by Crippen LogP contribution is -2.11. The van der Waals surface area contributed by atoms with E-state index in [1.807, 2.05) is 0 Å². The largest absolute Gasteiger partial charge is 0.491 e. The first-order valence-electron chi connectivity index (χ1n) is 5.82. The minimum Gasteiger partial charge on any atom is -0.491 e. The van der Waals surface area contributed by atoms with Crippen LogP contribution in [0.25, 0.3) is 0 Å². The van der Waals surface area contributed by atoms with Gasteiger partial charge in [0.1, 0.15) is 12.4 Å². The first-order valence-corrected chi connectivity index (χ1v) is 6.20. The van der Waals surface area contributed by atoms with Crippen LogP contribution in [0.5, 0.6) is 5.75 Å². The van der Waals surface area contributed by atoms with E-state index < -0.39 is 6.10 Å². The zero-order chi connectivity index (χ0) is 13.4. The summed E-state index contributed by atoms with van der Waals surface area (Å²) >= 11 is 5.87. The Hall–Kier alpha value is -0.810. The van der Waals surface area contributed by atoms with Crippen LogP contribution in [0.1, 0.15) is 18.6 Å². The molecule has 0 bridgehead atoms. The molecule has 1 aromatic carbocycles. The normalized spacial score (nSPS) is 12.4. The Morgan fingerprint density at radius 3 is 2.61 bits per heavy atom. The number of halogens is 1. The van der Waals surface area contributed by atoms with E-state index in [0.29, 0.717) is 42.8 Å². The maximum atomic E-state index is 9.62. The number of hydrogen-bond donors (Lipinski definition) is 1. The van der Waals surface area contributed by atoms with Gasteiger partial charge in [-0.15, -0.1) is 0 Å². The van der Waals surface area contributed by atoms with E-state index in [9.17, 15) is 5.11 Å². The monoisotopic (exact) mass is 274 g/mol. The van der Waals surface area contributed by atoms with Crippen molar-refractivity contribution in [3.05, 3.63) is 28.8 Å². The van der Waals surface area contributed by atoms with E-state index in [2.05, 4.69) is 0 Å². The Bertz CT molecular complexity index is 355. The highest BCUT2D eigenvalue weighted by atomic mass is 35.5. The molecule has 0 saturated carbocycles. The number of aliphatic hydroxyl groups is 1. The predicted molar refractivity (Wildman–Crippen MR) is 70.3 cm³/mol. The molecule has 102 valence electrons. The van der Waals surface area contributed by atoms with Crippen LogP contribution >= 0.6 is 11.6 Å². The maximum Gasteiger partial charge on any atom is 0.125 e. The SMILES string of the molecule is COCCOCCOc1ccc(Cl)cc1C(C)O. The second-order valence-electron chi connectivity index (χ2n) is 3.81. The van der Waals surface area contributed by atoms with Crippen LogP contribution in [-0.2, 0) is 9.47 Å². The van der Waals surface area contributed by atoms with Crippen LogP contribution in [-0.4, -0.2) is 38.6 Å². The number of benzene rings is 1. The van der Waals surface area contributed by atoms with Gasteiger partial charge in [-0.1, -0.05) is 11.6 Å². The zero-order valence-corrected chi connectivity index (χ0v) is 11.4. The molecule has 5 heteroatoms. The number of methoxy groups -OCH3 is 1. The Labute approximate surface area is 112 Å². The third-order valence-electron chi connectivity index (χ3n) is 2.34. The van der Waals surface area contributed by atoms with Crippen molar-refractivity contribution in [3.63, 3.8) is 0 Å². The van der Waals surface area contributed by atoms with Crippen molar-refractivity contribution in [3.8, 4) is 5.75 Å². The summed E-state index contributed by atoms with van der Waals surface area (Å²) < 4.78 is 15.7. The van der Waals surface area contributed by atoms with E-state index in [1.54, 1.807) is 32.2 Å². The van der Waals surface area contributed by atoms with E-state index in [4.69, 9.17) is 25.8 Å². The Balaban J connectivity index is 2.42. The summed E-state index contributed by atoms with van der Waals surface area (Å²) in [7, 11) is 1.63. The summed E-state index contributed by atoms with van der Waals surface area (Å²) in [6.07, 6.45) is -0.617. The third kappa shape index (κ3) is 5.23. The van der Waals surface area contributed by atoms with Gasteiger partial charge >= 0.3 is 0 Å². The van der Waals surface area contributed by atoms with Gasteiger partial charge in [0.05, 0.1) is 25.9 Å². The second kappa shape index (κ2) is 8.32. The molecule has 0 radical (unpaired) electrons. The molecular formula is C13H19ClO4. The second-order valence-corrected chi connectivity index (χ2v) is 4.25.